The van der Waals surface area contributed by atoms with E-state index in [2.05, 4.69) is 33.4 Å². The molecule has 1 heteroatoms. The van der Waals surface area contributed by atoms with Crippen LogP contribution in [-0.4, -0.2) is 0 Å². The maximum absolute atomic E-state index is 5.95. The van der Waals surface area contributed by atoms with Crippen LogP contribution in [0.5, 0.6) is 0 Å². The van der Waals surface area contributed by atoms with Gasteiger partial charge in [0.2, 0.25) is 0 Å². The largest absolute Gasteiger partial charge is 0.402 e. The quantitative estimate of drug-likeness (QED) is 0.600. The predicted octanol–water partition coefficient (Wildman–Crippen LogP) is 3.40. The van der Waals surface area contributed by atoms with E-state index in [1.54, 1.807) is 11.1 Å². The van der Waals surface area contributed by atoms with E-state index in [1.807, 2.05) is 0 Å². The fraction of sp³-hybridized carbons (Fsp3) is 0.571. The highest BCUT2D eigenvalue weighted by Crippen LogP contribution is 2.49. The highest BCUT2D eigenvalue weighted by Gasteiger charge is 2.38. The van der Waals surface area contributed by atoms with Crippen LogP contribution in [0.15, 0.2) is 35.1 Å². The van der Waals surface area contributed by atoms with Gasteiger partial charge >= 0.3 is 0 Å². The topological polar surface area (TPSA) is 26.0 Å². The lowest BCUT2D eigenvalue weighted by molar-refractivity contribution is 0.302. The van der Waals surface area contributed by atoms with Gasteiger partial charge in [0.05, 0.1) is 0 Å². The molecule has 0 heterocycles. The molecule has 15 heavy (non-hydrogen) atoms. The molecular formula is C14H21N. The van der Waals surface area contributed by atoms with Gasteiger partial charge in [0.1, 0.15) is 0 Å². The second-order valence-corrected chi connectivity index (χ2v) is 5.11. The second kappa shape index (κ2) is 3.55. The Morgan fingerprint density at radius 2 is 1.93 bits per heavy atom. The molecule has 3 unspecified atom stereocenters. The Labute approximate surface area is 92.7 Å². The summed E-state index contributed by atoms with van der Waals surface area (Å²) in [6.07, 6.45) is 4.24. The SMILES string of the molecule is C=C1/C=C(/N)CCC2=C(C)C(C)C2C1C. The van der Waals surface area contributed by atoms with Crippen LogP contribution in [0.25, 0.3) is 0 Å². The molecule has 0 fully saturated rings. The number of nitrogens with two attached hydrogens (primary N) is 1. The summed E-state index contributed by atoms with van der Waals surface area (Å²) in [4.78, 5) is 0. The van der Waals surface area contributed by atoms with E-state index in [0.717, 1.165) is 30.4 Å². The van der Waals surface area contributed by atoms with E-state index in [0.29, 0.717) is 5.92 Å². The average molecular weight is 203 g/mol. The van der Waals surface area contributed by atoms with Crippen LogP contribution < -0.4 is 5.73 Å². The maximum atomic E-state index is 5.95. The van der Waals surface area contributed by atoms with Crippen molar-refractivity contribution in [2.75, 3.05) is 0 Å². The van der Waals surface area contributed by atoms with Crippen molar-refractivity contribution in [3.8, 4) is 0 Å². The molecule has 0 bridgehead atoms. The molecular weight excluding hydrogens is 182 g/mol. The van der Waals surface area contributed by atoms with Crippen LogP contribution in [-0.2, 0) is 0 Å². The Balaban J connectivity index is 2.33. The Morgan fingerprint density at radius 1 is 1.27 bits per heavy atom. The van der Waals surface area contributed by atoms with Crippen LogP contribution in [0.1, 0.15) is 33.6 Å². The highest BCUT2D eigenvalue weighted by molar-refractivity contribution is 5.37. The fourth-order valence-electron chi connectivity index (χ4n) is 3.08. The predicted molar refractivity (Wildman–Crippen MR) is 65.2 cm³/mol. The summed E-state index contributed by atoms with van der Waals surface area (Å²) in [7, 11) is 0. The Bertz CT molecular complexity index is 360. The first-order valence-electron chi connectivity index (χ1n) is 5.86. The summed E-state index contributed by atoms with van der Waals surface area (Å²) in [6, 6.07) is 0. The first-order chi connectivity index (χ1) is 7.02. The van der Waals surface area contributed by atoms with Crippen LogP contribution >= 0.6 is 0 Å². The molecule has 0 aromatic heterocycles. The van der Waals surface area contributed by atoms with E-state index in [1.165, 1.54) is 5.57 Å². The molecule has 2 aliphatic rings. The molecule has 3 atom stereocenters. The smallest absolute Gasteiger partial charge is 0.00863 e. The monoisotopic (exact) mass is 203 g/mol. The van der Waals surface area contributed by atoms with E-state index in [-0.39, 0.29) is 0 Å². The summed E-state index contributed by atoms with van der Waals surface area (Å²) >= 11 is 0. The molecule has 0 aliphatic heterocycles. The van der Waals surface area contributed by atoms with Crippen molar-refractivity contribution in [2.24, 2.45) is 23.5 Å². The van der Waals surface area contributed by atoms with Gasteiger partial charge in [0.15, 0.2) is 0 Å². The third kappa shape index (κ3) is 1.54. The standard InChI is InChI=1S/C14H21N/c1-8-7-12(15)5-6-13-10(3)11(4)14(13)9(8)2/h7,9,11,14H,1,5-6,15H2,2-4H3/b12-7+. The summed E-state index contributed by atoms with van der Waals surface area (Å²) in [5.41, 5.74) is 11.4. The molecule has 0 radical (unpaired) electrons. The van der Waals surface area contributed by atoms with Gasteiger partial charge < -0.3 is 5.73 Å². The summed E-state index contributed by atoms with van der Waals surface area (Å²) < 4.78 is 0. The van der Waals surface area contributed by atoms with Gasteiger partial charge in [-0.1, -0.05) is 37.1 Å². The molecule has 2 aliphatic carbocycles. The lowest BCUT2D eigenvalue weighted by atomic mass is 9.61. The second-order valence-electron chi connectivity index (χ2n) is 5.11. The third-order valence-electron chi connectivity index (χ3n) is 4.31. The molecule has 0 saturated heterocycles. The number of hydrogen-bond donors (Lipinski definition) is 1. The molecule has 2 rings (SSSR count). The van der Waals surface area contributed by atoms with Gasteiger partial charge in [0.25, 0.3) is 0 Å². The van der Waals surface area contributed by atoms with Crippen molar-refractivity contribution in [2.45, 2.75) is 33.6 Å². The van der Waals surface area contributed by atoms with E-state index < -0.39 is 0 Å². The van der Waals surface area contributed by atoms with E-state index in [4.69, 9.17) is 5.73 Å². The van der Waals surface area contributed by atoms with Crippen LogP contribution in [0, 0.1) is 17.8 Å². The van der Waals surface area contributed by atoms with Crippen LogP contribution in [0.2, 0.25) is 0 Å². The van der Waals surface area contributed by atoms with Crippen molar-refractivity contribution in [1.29, 1.82) is 0 Å². The van der Waals surface area contributed by atoms with Gasteiger partial charge in [-0.2, -0.15) is 0 Å². The Kier molecular flexibility index (Phi) is 2.49. The Morgan fingerprint density at radius 3 is 2.60 bits per heavy atom. The normalized spacial score (nSPS) is 39.8. The molecule has 0 amide bonds. The van der Waals surface area contributed by atoms with Gasteiger partial charge in [-0.25, -0.2) is 0 Å². The number of hydrogen-bond acceptors (Lipinski definition) is 1. The minimum absolute atomic E-state index is 0.553. The van der Waals surface area contributed by atoms with Crippen molar-refractivity contribution in [3.63, 3.8) is 0 Å². The average Bonchev–Trinajstić information content (AvgIpc) is 2.20. The fourth-order valence-corrected chi connectivity index (χ4v) is 3.08. The number of rotatable bonds is 0. The summed E-state index contributed by atoms with van der Waals surface area (Å²) in [5, 5.41) is 0. The van der Waals surface area contributed by atoms with Gasteiger partial charge in [-0.15, -0.1) is 0 Å². The first kappa shape index (κ1) is 10.5. The zero-order valence-electron chi connectivity index (χ0n) is 10.0. The highest BCUT2D eigenvalue weighted by atomic mass is 14.6. The van der Waals surface area contributed by atoms with Crippen molar-refractivity contribution >= 4 is 0 Å². The zero-order chi connectivity index (χ0) is 11.2. The lowest BCUT2D eigenvalue weighted by Gasteiger charge is -2.44. The van der Waals surface area contributed by atoms with Crippen LogP contribution in [0.4, 0.5) is 0 Å². The lowest BCUT2D eigenvalue weighted by Crippen LogP contribution is -2.34. The first-order valence-corrected chi connectivity index (χ1v) is 5.86. The molecule has 0 aromatic rings. The zero-order valence-corrected chi connectivity index (χ0v) is 10.0. The maximum Gasteiger partial charge on any atom is 0.00863 e. The number of allylic oxidation sites excluding steroid dienone is 5. The van der Waals surface area contributed by atoms with Crippen molar-refractivity contribution < 1.29 is 0 Å². The van der Waals surface area contributed by atoms with E-state index in [9.17, 15) is 0 Å². The third-order valence-corrected chi connectivity index (χ3v) is 4.31. The molecule has 0 aromatic carbocycles. The summed E-state index contributed by atoms with van der Waals surface area (Å²) in [5.74, 6) is 2.01. The minimum Gasteiger partial charge on any atom is -0.402 e. The summed E-state index contributed by atoms with van der Waals surface area (Å²) in [6.45, 7) is 11.0. The van der Waals surface area contributed by atoms with Crippen molar-refractivity contribution in [3.05, 3.63) is 35.1 Å². The van der Waals surface area contributed by atoms with Gasteiger partial charge in [-0.05, 0) is 43.6 Å². The van der Waals surface area contributed by atoms with E-state index >= 15 is 0 Å². The molecule has 1 nitrogen and oxygen atoms in total. The molecule has 0 saturated carbocycles. The molecule has 82 valence electrons. The molecule has 0 spiro atoms. The Hall–Kier alpha value is -0.980. The van der Waals surface area contributed by atoms with Gasteiger partial charge in [0, 0.05) is 5.70 Å². The minimum atomic E-state index is 0.553. The van der Waals surface area contributed by atoms with Crippen LogP contribution in [0.3, 0.4) is 0 Å². The van der Waals surface area contributed by atoms with Gasteiger partial charge in [-0.3, -0.25) is 0 Å². The van der Waals surface area contributed by atoms with Crippen molar-refractivity contribution in [1.82, 2.24) is 0 Å². The molecule has 2 N–H and O–H groups in total. The number of fused-ring (bicyclic) bond motifs is 1.